The van der Waals surface area contributed by atoms with Crippen LogP contribution in [-0.4, -0.2) is 45.9 Å². The summed E-state index contributed by atoms with van der Waals surface area (Å²) in [4.78, 5) is 29.2. The predicted octanol–water partition coefficient (Wildman–Crippen LogP) is 4.43. The van der Waals surface area contributed by atoms with E-state index in [1.165, 1.54) is 26.4 Å². The number of aromatic hydroxyl groups is 1. The quantitative estimate of drug-likeness (QED) is 0.337. The number of methoxy groups -OCH3 is 2. The van der Waals surface area contributed by atoms with Gasteiger partial charge in [-0.3, -0.25) is 4.57 Å². The van der Waals surface area contributed by atoms with E-state index in [-0.39, 0.29) is 23.3 Å². The molecule has 8 heteroatoms. The van der Waals surface area contributed by atoms with Gasteiger partial charge >= 0.3 is 11.9 Å². The van der Waals surface area contributed by atoms with E-state index < -0.39 is 11.9 Å². The number of aromatic nitrogens is 2. The number of phenolic OH excluding ortho intramolecular Hbond substituents is 1. The van der Waals surface area contributed by atoms with Crippen molar-refractivity contribution in [2.75, 3.05) is 14.2 Å². The van der Waals surface area contributed by atoms with Crippen LogP contribution in [0.5, 0.6) is 11.5 Å². The van der Waals surface area contributed by atoms with Gasteiger partial charge in [-0.2, -0.15) is 0 Å². The first-order valence-corrected chi connectivity index (χ1v) is 10.9. The zero-order valence-corrected chi connectivity index (χ0v) is 19.4. The number of unbranched alkanes of at least 4 members (excludes halogenated alkanes) is 1. The maximum atomic E-state index is 12.6. The third-order valence-corrected chi connectivity index (χ3v) is 5.37. The topological polar surface area (TPSA) is 111 Å². The Bertz CT molecular complexity index is 1210. The van der Waals surface area contributed by atoms with Crippen molar-refractivity contribution in [2.45, 2.75) is 32.6 Å². The summed E-state index contributed by atoms with van der Waals surface area (Å²) in [6.07, 6.45) is 5.71. The van der Waals surface area contributed by atoms with Crippen molar-refractivity contribution in [3.05, 3.63) is 76.9 Å². The minimum atomic E-state index is -1.09. The van der Waals surface area contributed by atoms with Crippen molar-refractivity contribution in [1.29, 1.82) is 0 Å². The summed E-state index contributed by atoms with van der Waals surface area (Å²) in [6, 6.07) is 11.5. The molecule has 0 radical (unpaired) electrons. The van der Waals surface area contributed by atoms with Gasteiger partial charge in [-0.05, 0) is 48.4 Å². The lowest BCUT2D eigenvalue weighted by molar-refractivity contribution is -0.132. The average molecular weight is 465 g/mol. The lowest BCUT2D eigenvalue weighted by Crippen LogP contribution is -2.12. The Morgan fingerprint density at radius 2 is 1.94 bits per heavy atom. The second-order valence-electron chi connectivity index (χ2n) is 7.73. The van der Waals surface area contributed by atoms with Crippen molar-refractivity contribution in [2.24, 2.45) is 0 Å². The molecule has 0 aliphatic rings. The molecule has 0 bridgehead atoms. The minimum absolute atomic E-state index is 0.0649. The lowest BCUT2D eigenvalue weighted by Gasteiger charge is -2.16. The van der Waals surface area contributed by atoms with Gasteiger partial charge in [0.1, 0.15) is 17.3 Å². The number of imidazole rings is 1. The van der Waals surface area contributed by atoms with Crippen LogP contribution in [0.4, 0.5) is 0 Å². The van der Waals surface area contributed by atoms with E-state index in [0.29, 0.717) is 34.9 Å². The number of ether oxygens (including phenoxy) is 2. The highest BCUT2D eigenvalue weighted by Gasteiger charge is 2.20. The summed E-state index contributed by atoms with van der Waals surface area (Å²) >= 11 is 0. The number of rotatable bonds is 10. The van der Waals surface area contributed by atoms with Gasteiger partial charge in [0.25, 0.3) is 0 Å². The van der Waals surface area contributed by atoms with Crippen molar-refractivity contribution in [1.82, 2.24) is 9.55 Å². The van der Waals surface area contributed by atoms with E-state index >= 15 is 0 Å². The van der Waals surface area contributed by atoms with Crippen LogP contribution in [0.25, 0.3) is 11.8 Å². The molecule has 2 aromatic carbocycles. The Labute approximate surface area is 198 Å². The van der Waals surface area contributed by atoms with Gasteiger partial charge in [0.2, 0.25) is 0 Å². The number of esters is 1. The van der Waals surface area contributed by atoms with E-state index in [2.05, 4.69) is 11.9 Å². The molecule has 0 saturated heterocycles. The largest absolute Gasteiger partial charge is 0.508 e. The molecule has 0 fully saturated rings. The SMILES string of the molecule is CCCCc1ncc(C=C(Cc2cccc(O)c2)C(=O)O)n1-c1ccc(OC)cc1C(=O)OC. The van der Waals surface area contributed by atoms with Gasteiger partial charge in [0, 0.05) is 18.4 Å². The molecule has 0 amide bonds. The fourth-order valence-electron chi connectivity index (χ4n) is 3.66. The fourth-order valence-corrected chi connectivity index (χ4v) is 3.66. The molecule has 34 heavy (non-hydrogen) atoms. The van der Waals surface area contributed by atoms with Crippen LogP contribution in [0.1, 0.15) is 47.2 Å². The third kappa shape index (κ3) is 5.64. The number of hydrogen-bond donors (Lipinski definition) is 2. The first-order chi connectivity index (χ1) is 16.4. The molecule has 0 aliphatic carbocycles. The summed E-state index contributed by atoms with van der Waals surface area (Å²) in [5, 5.41) is 19.6. The fraction of sp³-hybridized carbons (Fsp3) is 0.269. The van der Waals surface area contributed by atoms with Crippen molar-refractivity contribution in [3.63, 3.8) is 0 Å². The monoisotopic (exact) mass is 464 g/mol. The minimum Gasteiger partial charge on any atom is -0.508 e. The molecule has 0 saturated carbocycles. The van der Waals surface area contributed by atoms with Crippen LogP contribution in [0.2, 0.25) is 0 Å². The highest BCUT2D eigenvalue weighted by Crippen LogP contribution is 2.27. The molecule has 1 heterocycles. The zero-order valence-electron chi connectivity index (χ0n) is 19.4. The highest BCUT2D eigenvalue weighted by molar-refractivity contribution is 5.95. The number of carboxylic acid groups (broad SMARTS) is 1. The van der Waals surface area contributed by atoms with Crippen LogP contribution >= 0.6 is 0 Å². The highest BCUT2D eigenvalue weighted by atomic mass is 16.5. The molecule has 2 N–H and O–H groups in total. The molecule has 0 aliphatic heterocycles. The van der Waals surface area contributed by atoms with Crippen LogP contribution in [0, 0.1) is 0 Å². The number of carbonyl (C=O) groups excluding carboxylic acids is 1. The molecule has 3 aromatic rings. The summed E-state index contributed by atoms with van der Waals surface area (Å²) < 4.78 is 12.0. The van der Waals surface area contributed by atoms with Gasteiger partial charge in [0.05, 0.1) is 37.4 Å². The van der Waals surface area contributed by atoms with Gasteiger partial charge in [-0.25, -0.2) is 14.6 Å². The maximum absolute atomic E-state index is 12.6. The number of aliphatic carboxylic acids is 1. The molecule has 0 unspecified atom stereocenters. The number of aryl methyl sites for hydroxylation is 1. The first-order valence-electron chi connectivity index (χ1n) is 10.9. The Balaban J connectivity index is 2.17. The molecular formula is C26H28N2O6. The summed E-state index contributed by atoms with van der Waals surface area (Å²) in [7, 11) is 2.81. The predicted molar refractivity (Wildman–Crippen MR) is 127 cm³/mol. The van der Waals surface area contributed by atoms with Crippen molar-refractivity contribution in [3.8, 4) is 17.2 Å². The van der Waals surface area contributed by atoms with Gasteiger partial charge in [-0.15, -0.1) is 0 Å². The standard InChI is InChI=1S/C26H28N2O6/c1-4-5-9-24-27-16-19(14-18(25(30)31)12-17-7-6-8-20(29)13-17)28(24)23-11-10-21(33-2)15-22(23)26(32)34-3/h6-8,10-11,13-16,29H,4-5,9,12H2,1-3H3,(H,30,31). The van der Waals surface area contributed by atoms with E-state index in [4.69, 9.17) is 9.47 Å². The molecule has 8 nitrogen and oxygen atoms in total. The molecule has 0 atom stereocenters. The maximum Gasteiger partial charge on any atom is 0.340 e. The summed E-state index contributed by atoms with van der Waals surface area (Å²) in [5.41, 5.74) is 2.08. The number of benzene rings is 2. The number of phenols is 1. The summed E-state index contributed by atoms with van der Waals surface area (Å²) in [5.74, 6) is -0.376. The Kier molecular flexibility index (Phi) is 8.08. The lowest BCUT2D eigenvalue weighted by atomic mass is 10.0. The zero-order chi connectivity index (χ0) is 24.7. The second kappa shape index (κ2) is 11.2. The summed E-state index contributed by atoms with van der Waals surface area (Å²) in [6.45, 7) is 2.07. The molecular weight excluding hydrogens is 436 g/mol. The van der Waals surface area contributed by atoms with E-state index in [0.717, 1.165) is 12.8 Å². The van der Waals surface area contributed by atoms with Gasteiger partial charge < -0.3 is 19.7 Å². The van der Waals surface area contributed by atoms with E-state index in [9.17, 15) is 19.8 Å². The smallest absolute Gasteiger partial charge is 0.340 e. The Hall–Kier alpha value is -4.07. The van der Waals surface area contributed by atoms with Crippen LogP contribution in [-0.2, 0) is 22.4 Å². The molecule has 0 spiro atoms. The normalized spacial score (nSPS) is 11.3. The van der Waals surface area contributed by atoms with Crippen molar-refractivity contribution >= 4 is 18.0 Å². The van der Waals surface area contributed by atoms with Crippen molar-refractivity contribution < 1.29 is 29.3 Å². The number of hydrogen-bond acceptors (Lipinski definition) is 6. The average Bonchev–Trinajstić information content (AvgIpc) is 3.23. The van der Waals surface area contributed by atoms with Gasteiger partial charge in [-0.1, -0.05) is 25.5 Å². The van der Waals surface area contributed by atoms with E-state index in [1.807, 2.05) is 0 Å². The Morgan fingerprint density at radius 3 is 2.59 bits per heavy atom. The molecule has 3 rings (SSSR count). The number of carbonyl (C=O) groups is 2. The second-order valence-corrected chi connectivity index (χ2v) is 7.73. The molecule has 178 valence electrons. The van der Waals surface area contributed by atoms with Crippen LogP contribution < -0.4 is 4.74 Å². The number of carboxylic acids is 1. The van der Waals surface area contributed by atoms with Gasteiger partial charge in [0.15, 0.2) is 0 Å². The third-order valence-electron chi connectivity index (χ3n) is 5.37. The van der Waals surface area contributed by atoms with E-state index in [1.54, 1.807) is 47.2 Å². The van der Waals surface area contributed by atoms with Crippen LogP contribution in [0.3, 0.4) is 0 Å². The number of nitrogens with zero attached hydrogens (tertiary/aromatic N) is 2. The molecule has 1 aromatic heterocycles. The first kappa shape index (κ1) is 24.6. The Morgan fingerprint density at radius 1 is 1.15 bits per heavy atom. The van der Waals surface area contributed by atoms with Crippen LogP contribution in [0.15, 0.2) is 54.2 Å².